The lowest BCUT2D eigenvalue weighted by molar-refractivity contribution is -0.147. The minimum absolute atomic E-state index is 0.0940. The van der Waals surface area contributed by atoms with Crippen molar-refractivity contribution in [2.45, 2.75) is 18.4 Å². The molecule has 1 fully saturated rings. The van der Waals surface area contributed by atoms with Crippen molar-refractivity contribution >= 4 is 35.6 Å². The molecule has 0 bridgehead atoms. The number of methoxy groups -OCH3 is 1. The Morgan fingerprint density at radius 3 is 2.91 bits per heavy atom. The number of nitrogens with zero attached hydrogens (tertiary/aromatic N) is 1. The third kappa shape index (κ3) is 3.22. The molecule has 22 heavy (non-hydrogen) atoms. The number of rotatable bonds is 5. The van der Waals surface area contributed by atoms with E-state index in [0.717, 1.165) is 4.90 Å². The van der Waals surface area contributed by atoms with Crippen molar-refractivity contribution in [3.05, 3.63) is 28.0 Å². The van der Waals surface area contributed by atoms with Gasteiger partial charge in [-0.2, -0.15) is 8.78 Å². The maximum atomic E-state index is 13.3. The van der Waals surface area contributed by atoms with E-state index in [1.807, 2.05) is 0 Å². The molecule has 0 spiro atoms. The molecular formula is C14H13F2NO4S. The van der Waals surface area contributed by atoms with Crippen LogP contribution in [0.4, 0.5) is 8.78 Å². The minimum atomic E-state index is -3.49. The van der Waals surface area contributed by atoms with Crippen molar-refractivity contribution in [1.29, 1.82) is 0 Å². The van der Waals surface area contributed by atoms with Crippen molar-refractivity contribution in [1.82, 2.24) is 4.90 Å². The molecule has 0 N–H and O–H groups in total. The number of thiophene rings is 1. The molecule has 1 aliphatic rings. The SMILES string of the molecule is COC(=O)c1ccc(C=CCN2C(=O)C(F)(F)C[C@@H]2C=O)s1. The van der Waals surface area contributed by atoms with Crippen molar-refractivity contribution < 1.29 is 27.9 Å². The number of esters is 1. The van der Waals surface area contributed by atoms with Gasteiger partial charge >= 0.3 is 11.9 Å². The van der Waals surface area contributed by atoms with E-state index in [1.165, 1.54) is 24.5 Å². The molecule has 1 atom stereocenters. The van der Waals surface area contributed by atoms with E-state index in [1.54, 1.807) is 18.2 Å². The number of halogens is 2. The first-order valence-electron chi connectivity index (χ1n) is 6.38. The fourth-order valence-electron chi connectivity index (χ4n) is 2.10. The average Bonchev–Trinajstić information content (AvgIpc) is 3.04. The third-order valence-corrected chi connectivity index (χ3v) is 4.22. The Morgan fingerprint density at radius 2 is 2.27 bits per heavy atom. The van der Waals surface area contributed by atoms with Crippen LogP contribution in [-0.2, 0) is 14.3 Å². The molecule has 1 saturated heterocycles. The molecule has 0 aliphatic carbocycles. The van der Waals surface area contributed by atoms with E-state index in [4.69, 9.17) is 0 Å². The minimum Gasteiger partial charge on any atom is -0.465 e. The Kier molecular flexibility index (Phi) is 4.70. The lowest BCUT2D eigenvalue weighted by Crippen LogP contribution is -2.37. The van der Waals surface area contributed by atoms with Gasteiger partial charge < -0.3 is 14.4 Å². The van der Waals surface area contributed by atoms with Crippen LogP contribution in [0.2, 0.25) is 0 Å². The van der Waals surface area contributed by atoms with Gasteiger partial charge in [0.2, 0.25) is 0 Å². The van der Waals surface area contributed by atoms with Gasteiger partial charge in [0.05, 0.1) is 13.2 Å². The Balaban J connectivity index is 2.02. The molecule has 1 aliphatic heterocycles. The van der Waals surface area contributed by atoms with Gasteiger partial charge in [0.1, 0.15) is 11.2 Å². The Hall–Kier alpha value is -2.09. The molecule has 0 radical (unpaired) electrons. The molecule has 5 nitrogen and oxygen atoms in total. The monoisotopic (exact) mass is 329 g/mol. The van der Waals surface area contributed by atoms with Crippen LogP contribution in [0.1, 0.15) is 21.0 Å². The second-order valence-electron chi connectivity index (χ2n) is 4.67. The maximum absolute atomic E-state index is 13.3. The summed E-state index contributed by atoms with van der Waals surface area (Å²) in [6.07, 6.45) is 2.67. The molecule has 0 unspecified atom stereocenters. The number of amides is 1. The standard InChI is InChI=1S/C14H13F2NO4S/c1-21-12(19)11-5-4-10(22-11)3-2-6-17-9(8-18)7-14(15,16)13(17)20/h2-5,8-9H,6-7H2,1H3/t9-/m1/s1. The molecule has 1 aromatic heterocycles. The van der Waals surface area contributed by atoms with Crippen LogP contribution in [0.15, 0.2) is 18.2 Å². The number of hydrogen-bond donors (Lipinski definition) is 0. The number of hydrogen-bond acceptors (Lipinski definition) is 5. The van der Waals surface area contributed by atoms with Crippen LogP contribution in [0.5, 0.6) is 0 Å². The fraction of sp³-hybridized carbons (Fsp3) is 0.357. The number of likely N-dealkylation sites (tertiary alicyclic amines) is 1. The maximum Gasteiger partial charge on any atom is 0.348 e. The summed E-state index contributed by atoms with van der Waals surface area (Å²) in [5.41, 5.74) is 0. The number of aldehydes is 1. The highest BCUT2D eigenvalue weighted by molar-refractivity contribution is 7.14. The molecule has 1 amide bonds. The summed E-state index contributed by atoms with van der Waals surface area (Å²) >= 11 is 1.17. The Labute approximate surface area is 129 Å². The van der Waals surface area contributed by atoms with Gasteiger partial charge in [-0.1, -0.05) is 6.08 Å². The van der Waals surface area contributed by atoms with Crippen LogP contribution in [0.3, 0.4) is 0 Å². The fourth-order valence-corrected chi connectivity index (χ4v) is 2.95. The summed E-state index contributed by atoms with van der Waals surface area (Å²) in [6, 6.07) is 2.14. The second-order valence-corrected chi connectivity index (χ2v) is 5.78. The number of ether oxygens (including phenoxy) is 1. The highest BCUT2D eigenvalue weighted by atomic mass is 32.1. The molecule has 1 aromatic rings. The van der Waals surface area contributed by atoms with Gasteiger partial charge in [-0.25, -0.2) is 4.79 Å². The van der Waals surface area contributed by atoms with Crippen LogP contribution in [0.25, 0.3) is 6.08 Å². The lowest BCUT2D eigenvalue weighted by Gasteiger charge is -2.17. The molecule has 8 heteroatoms. The summed E-state index contributed by atoms with van der Waals surface area (Å²) < 4.78 is 31.1. The topological polar surface area (TPSA) is 63.7 Å². The van der Waals surface area contributed by atoms with Crippen LogP contribution in [0, 0.1) is 0 Å². The summed E-state index contributed by atoms with van der Waals surface area (Å²) in [6.45, 7) is -0.0940. The van der Waals surface area contributed by atoms with Crippen LogP contribution >= 0.6 is 11.3 Å². The molecule has 2 rings (SSSR count). The van der Waals surface area contributed by atoms with Crippen molar-refractivity contribution in [2.24, 2.45) is 0 Å². The van der Waals surface area contributed by atoms with Gasteiger partial charge in [-0.3, -0.25) is 4.79 Å². The summed E-state index contributed by atoms with van der Waals surface area (Å²) in [4.78, 5) is 35.6. The van der Waals surface area contributed by atoms with Crippen LogP contribution in [-0.4, -0.2) is 48.7 Å². The number of carbonyl (C=O) groups excluding carboxylic acids is 3. The van der Waals surface area contributed by atoms with E-state index in [0.29, 0.717) is 16.0 Å². The van der Waals surface area contributed by atoms with Gasteiger partial charge in [-0.05, 0) is 18.2 Å². The van der Waals surface area contributed by atoms with E-state index in [-0.39, 0.29) is 6.54 Å². The van der Waals surface area contributed by atoms with Gasteiger partial charge in [0.25, 0.3) is 5.91 Å². The quantitative estimate of drug-likeness (QED) is 0.612. The summed E-state index contributed by atoms with van der Waals surface area (Å²) in [7, 11) is 1.27. The van der Waals surface area contributed by atoms with Gasteiger partial charge in [-0.15, -0.1) is 11.3 Å². The third-order valence-electron chi connectivity index (χ3n) is 3.19. The van der Waals surface area contributed by atoms with Gasteiger partial charge in [0, 0.05) is 17.8 Å². The zero-order valence-electron chi connectivity index (χ0n) is 11.6. The van der Waals surface area contributed by atoms with E-state index in [9.17, 15) is 23.2 Å². The van der Waals surface area contributed by atoms with Crippen molar-refractivity contribution in [3.8, 4) is 0 Å². The summed E-state index contributed by atoms with van der Waals surface area (Å²) in [5, 5.41) is 0. The summed E-state index contributed by atoms with van der Waals surface area (Å²) in [5.74, 6) is -5.28. The Bertz CT molecular complexity index is 626. The first kappa shape index (κ1) is 16.3. The van der Waals surface area contributed by atoms with Crippen LogP contribution < -0.4 is 0 Å². The second kappa shape index (κ2) is 6.35. The lowest BCUT2D eigenvalue weighted by atomic mass is 10.2. The van der Waals surface area contributed by atoms with E-state index in [2.05, 4.69) is 4.74 Å². The highest BCUT2D eigenvalue weighted by Gasteiger charge is 2.52. The largest absolute Gasteiger partial charge is 0.465 e. The van der Waals surface area contributed by atoms with E-state index >= 15 is 0 Å². The van der Waals surface area contributed by atoms with E-state index < -0.39 is 30.3 Å². The molecule has 0 aromatic carbocycles. The Morgan fingerprint density at radius 1 is 1.55 bits per heavy atom. The smallest absolute Gasteiger partial charge is 0.348 e. The predicted octanol–water partition coefficient (Wildman–Crippen LogP) is 1.98. The average molecular weight is 329 g/mol. The normalized spacial score (nSPS) is 20.6. The number of carbonyl (C=O) groups is 3. The first-order valence-corrected chi connectivity index (χ1v) is 7.19. The molecular weight excluding hydrogens is 316 g/mol. The van der Waals surface area contributed by atoms with Gasteiger partial charge in [0.15, 0.2) is 0 Å². The number of alkyl halides is 2. The van der Waals surface area contributed by atoms with Crippen molar-refractivity contribution in [3.63, 3.8) is 0 Å². The first-order chi connectivity index (χ1) is 10.4. The molecule has 118 valence electrons. The van der Waals surface area contributed by atoms with Crippen molar-refractivity contribution in [2.75, 3.05) is 13.7 Å². The zero-order valence-corrected chi connectivity index (χ0v) is 12.4. The zero-order chi connectivity index (χ0) is 16.3. The molecule has 0 saturated carbocycles. The predicted molar refractivity (Wildman–Crippen MR) is 75.8 cm³/mol. The molecule has 2 heterocycles. The highest BCUT2D eigenvalue weighted by Crippen LogP contribution is 2.32.